The zero-order chi connectivity index (χ0) is 12.4. The Hall–Kier alpha value is -0.530. The Balaban J connectivity index is 4.16. The first kappa shape index (κ1) is 15.5. The van der Waals surface area contributed by atoms with Gasteiger partial charge in [-0.25, -0.2) is 0 Å². The fourth-order valence-electron chi connectivity index (χ4n) is 2.18. The zero-order valence-electron chi connectivity index (χ0n) is 11.4. The monoisotopic (exact) mass is 228 g/mol. The van der Waals surface area contributed by atoms with Gasteiger partial charge in [0.05, 0.1) is 12.5 Å². The number of unbranched alkanes of at least 4 members (excludes halogenated alkanes) is 1. The summed E-state index contributed by atoms with van der Waals surface area (Å²) in [7, 11) is 0. The predicted molar refractivity (Wildman–Crippen MR) is 68.3 cm³/mol. The molecule has 0 rings (SSSR count). The van der Waals surface area contributed by atoms with Crippen molar-refractivity contribution in [2.45, 2.75) is 66.2 Å². The highest BCUT2D eigenvalue weighted by atomic mass is 16.5. The summed E-state index contributed by atoms with van der Waals surface area (Å²) in [5.41, 5.74) is 0. The summed E-state index contributed by atoms with van der Waals surface area (Å²) in [5.74, 6) is 0.641. The van der Waals surface area contributed by atoms with Gasteiger partial charge in [0.1, 0.15) is 0 Å². The fraction of sp³-hybridized carbons (Fsp3) is 0.929. The lowest BCUT2D eigenvalue weighted by Gasteiger charge is -2.23. The Labute approximate surface area is 101 Å². The molecule has 0 saturated heterocycles. The van der Waals surface area contributed by atoms with Gasteiger partial charge in [-0.05, 0) is 25.2 Å². The van der Waals surface area contributed by atoms with Crippen LogP contribution in [-0.4, -0.2) is 12.6 Å². The van der Waals surface area contributed by atoms with Crippen molar-refractivity contribution in [3.63, 3.8) is 0 Å². The van der Waals surface area contributed by atoms with Crippen LogP contribution in [0.5, 0.6) is 0 Å². The molecule has 2 unspecified atom stereocenters. The third-order valence-corrected chi connectivity index (χ3v) is 3.24. The summed E-state index contributed by atoms with van der Waals surface area (Å²) in [4.78, 5) is 11.9. The van der Waals surface area contributed by atoms with Crippen LogP contribution in [0, 0.1) is 11.8 Å². The van der Waals surface area contributed by atoms with Crippen LogP contribution in [0.25, 0.3) is 0 Å². The molecule has 0 saturated carbocycles. The third-order valence-electron chi connectivity index (χ3n) is 3.24. The van der Waals surface area contributed by atoms with Crippen LogP contribution in [0.15, 0.2) is 0 Å². The Kier molecular flexibility index (Phi) is 9.36. The third kappa shape index (κ3) is 5.53. The second-order valence-electron chi connectivity index (χ2n) is 4.49. The van der Waals surface area contributed by atoms with E-state index in [1.165, 1.54) is 0 Å². The highest BCUT2D eigenvalue weighted by Crippen LogP contribution is 2.25. The first-order valence-electron chi connectivity index (χ1n) is 6.87. The van der Waals surface area contributed by atoms with Crippen LogP contribution in [0.4, 0.5) is 0 Å². The minimum atomic E-state index is 0.0243. The van der Waals surface area contributed by atoms with E-state index in [-0.39, 0.29) is 11.9 Å². The van der Waals surface area contributed by atoms with Crippen molar-refractivity contribution in [3.8, 4) is 0 Å². The lowest BCUT2D eigenvalue weighted by atomic mass is 9.85. The molecule has 0 aromatic carbocycles. The molecule has 0 radical (unpaired) electrons. The number of hydrogen-bond donors (Lipinski definition) is 0. The Morgan fingerprint density at radius 3 is 2.19 bits per heavy atom. The quantitative estimate of drug-likeness (QED) is 0.437. The van der Waals surface area contributed by atoms with E-state index in [0.29, 0.717) is 12.5 Å². The van der Waals surface area contributed by atoms with E-state index < -0.39 is 0 Å². The summed E-state index contributed by atoms with van der Waals surface area (Å²) in [6.45, 7) is 9.13. The van der Waals surface area contributed by atoms with Gasteiger partial charge in [0.2, 0.25) is 0 Å². The molecule has 0 aliphatic heterocycles. The number of carbonyl (C=O) groups excluding carboxylic acids is 1. The van der Waals surface area contributed by atoms with Gasteiger partial charge in [-0.1, -0.05) is 47.0 Å². The van der Waals surface area contributed by atoms with Gasteiger partial charge >= 0.3 is 5.97 Å². The first-order valence-corrected chi connectivity index (χ1v) is 6.87. The largest absolute Gasteiger partial charge is 0.465 e. The molecule has 2 atom stereocenters. The van der Waals surface area contributed by atoms with Gasteiger partial charge in [0.15, 0.2) is 0 Å². The second-order valence-corrected chi connectivity index (χ2v) is 4.49. The normalized spacial score (nSPS) is 14.5. The lowest BCUT2D eigenvalue weighted by molar-refractivity contribution is -0.151. The predicted octanol–water partition coefficient (Wildman–Crippen LogP) is 4.18. The van der Waals surface area contributed by atoms with Crippen LogP contribution in [-0.2, 0) is 9.53 Å². The fourth-order valence-corrected chi connectivity index (χ4v) is 2.18. The summed E-state index contributed by atoms with van der Waals surface area (Å²) in [6, 6.07) is 0. The van der Waals surface area contributed by atoms with Crippen molar-refractivity contribution < 1.29 is 9.53 Å². The van der Waals surface area contributed by atoms with Gasteiger partial charge in [0.25, 0.3) is 0 Å². The summed E-state index contributed by atoms with van der Waals surface area (Å²) >= 11 is 0. The molecule has 0 aliphatic rings. The lowest BCUT2D eigenvalue weighted by Crippen LogP contribution is -2.25. The van der Waals surface area contributed by atoms with Crippen molar-refractivity contribution >= 4 is 5.97 Å². The van der Waals surface area contributed by atoms with E-state index in [0.717, 1.165) is 38.5 Å². The topological polar surface area (TPSA) is 26.3 Å². The molecule has 0 heterocycles. The average Bonchev–Trinajstić information content (AvgIpc) is 2.29. The van der Waals surface area contributed by atoms with Crippen molar-refractivity contribution in [1.29, 1.82) is 0 Å². The smallest absolute Gasteiger partial charge is 0.309 e. The molecule has 0 N–H and O–H groups in total. The van der Waals surface area contributed by atoms with E-state index in [4.69, 9.17) is 4.74 Å². The van der Waals surface area contributed by atoms with E-state index in [9.17, 15) is 4.79 Å². The number of ether oxygens (including phenoxy) is 1. The SMILES string of the molecule is CCCCOC(=O)C(CC)C(CC)CCC. The van der Waals surface area contributed by atoms with E-state index in [1.807, 2.05) is 0 Å². The summed E-state index contributed by atoms with van der Waals surface area (Å²) < 4.78 is 5.33. The van der Waals surface area contributed by atoms with E-state index >= 15 is 0 Å². The molecule has 0 aromatic heterocycles. The van der Waals surface area contributed by atoms with Crippen LogP contribution < -0.4 is 0 Å². The standard InChI is InChI=1S/C14H28O2/c1-5-9-11-16-14(15)13(8-4)12(7-3)10-6-2/h12-13H,5-11H2,1-4H3. The summed E-state index contributed by atoms with van der Waals surface area (Å²) in [6.07, 6.45) is 6.33. The second kappa shape index (κ2) is 9.68. The van der Waals surface area contributed by atoms with Crippen molar-refractivity contribution in [2.24, 2.45) is 11.8 Å². The van der Waals surface area contributed by atoms with Crippen LogP contribution in [0.1, 0.15) is 66.2 Å². The molecule has 96 valence electrons. The van der Waals surface area contributed by atoms with Gasteiger partial charge < -0.3 is 4.74 Å². The molecule has 0 fully saturated rings. The van der Waals surface area contributed by atoms with Gasteiger partial charge in [-0.15, -0.1) is 0 Å². The molecule has 0 spiro atoms. The Morgan fingerprint density at radius 1 is 1.06 bits per heavy atom. The minimum Gasteiger partial charge on any atom is -0.465 e. The van der Waals surface area contributed by atoms with Crippen molar-refractivity contribution in [3.05, 3.63) is 0 Å². The highest BCUT2D eigenvalue weighted by Gasteiger charge is 2.25. The maximum Gasteiger partial charge on any atom is 0.309 e. The van der Waals surface area contributed by atoms with Gasteiger partial charge in [-0.2, -0.15) is 0 Å². The van der Waals surface area contributed by atoms with Gasteiger partial charge in [0, 0.05) is 0 Å². The van der Waals surface area contributed by atoms with Crippen LogP contribution in [0.3, 0.4) is 0 Å². The van der Waals surface area contributed by atoms with Crippen LogP contribution in [0.2, 0.25) is 0 Å². The molecular weight excluding hydrogens is 200 g/mol. The first-order chi connectivity index (χ1) is 7.71. The number of hydrogen-bond acceptors (Lipinski definition) is 2. The van der Waals surface area contributed by atoms with Gasteiger partial charge in [-0.3, -0.25) is 4.79 Å². The maximum absolute atomic E-state index is 11.9. The summed E-state index contributed by atoms with van der Waals surface area (Å²) in [5, 5.41) is 0. The Bertz CT molecular complexity index is 178. The molecular formula is C14H28O2. The molecule has 2 heteroatoms. The molecule has 0 aliphatic carbocycles. The highest BCUT2D eigenvalue weighted by molar-refractivity contribution is 5.72. The van der Waals surface area contributed by atoms with Crippen LogP contribution >= 0.6 is 0 Å². The van der Waals surface area contributed by atoms with Crippen molar-refractivity contribution in [2.75, 3.05) is 6.61 Å². The number of rotatable bonds is 9. The molecule has 0 bridgehead atoms. The Morgan fingerprint density at radius 2 is 1.75 bits per heavy atom. The molecule has 0 aromatic rings. The molecule has 16 heavy (non-hydrogen) atoms. The van der Waals surface area contributed by atoms with Crippen molar-refractivity contribution in [1.82, 2.24) is 0 Å². The van der Waals surface area contributed by atoms with E-state index in [2.05, 4.69) is 27.7 Å². The van der Waals surface area contributed by atoms with E-state index in [1.54, 1.807) is 0 Å². The number of carbonyl (C=O) groups is 1. The molecule has 2 nitrogen and oxygen atoms in total. The number of esters is 1. The zero-order valence-corrected chi connectivity index (χ0v) is 11.4. The average molecular weight is 228 g/mol. The minimum absolute atomic E-state index is 0.0243. The molecule has 0 amide bonds. The maximum atomic E-state index is 11.9.